The van der Waals surface area contributed by atoms with Crippen LogP contribution in [0.4, 0.5) is 5.82 Å². The van der Waals surface area contributed by atoms with Crippen molar-refractivity contribution in [1.29, 1.82) is 0 Å². The Bertz CT molecular complexity index is 1040. The first-order valence-corrected chi connectivity index (χ1v) is 11.3. The summed E-state index contributed by atoms with van der Waals surface area (Å²) in [6, 6.07) is 10.7. The van der Waals surface area contributed by atoms with Gasteiger partial charge in [-0.25, -0.2) is 4.98 Å². The van der Waals surface area contributed by atoms with Crippen LogP contribution in [-0.2, 0) is 11.2 Å². The predicted octanol–water partition coefficient (Wildman–Crippen LogP) is 3.62. The quantitative estimate of drug-likeness (QED) is 0.643. The Morgan fingerprint density at radius 2 is 1.90 bits per heavy atom. The molecule has 0 aliphatic carbocycles. The number of hydrogen-bond donors (Lipinski definition) is 0. The van der Waals surface area contributed by atoms with Gasteiger partial charge in [0.2, 0.25) is 5.91 Å². The number of piperidine rings is 2. The third-order valence-corrected chi connectivity index (χ3v) is 6.79. The molecule has 1 atom stereocenters. The van der Waals surface area contributed by atoms with E-state index in [-0.39, 0.29) is 5.92 Å². The molecule has 2 fully saturated rings. The van der Waals surface area contributed by atoms with E-state index in [0.717, 1.165) is 68.6 Å². The number of aryl methyl sites for hydroxylation is 1. The number of rotatable bonds is 4. The molecule has 1 unspecified atom stereocenters. The van der Waals surface area contributed by atoms with Gasteiger partial charge in [0.1, 0.15) is 17.5 Å². The molecule has 2 aliphatic heterocycles. The fourth-order valence-corrected chi connectivity index (χ4v) is 5.08. The van der Waals surface area contributed by atoms with Crippen molar-refractivity contribution in [1.82, 2.24) is 20.0 Å². The van der Waals surface area contributed by atoms with Crippen molar-refractivity contribution in [3.63, 3.8) is 0 Å². The van der Waals surface area contributed by atoms with Gasteiger partial charge in [-0.05, 0) is 50.5 Å². The topological polar surface area (TPSA) is 75.4 Å². The zero-order valence-electron chi connectivity index (χ0n) is 18.0. The van der Waals surface area contributed by atoms with Crippen molar-refractivity contribution in [2.45, 2.75) is 39.0 Å². The maximum Gasteiger partial charge on any atom is 0.263 e. The molecule has 2 aromatic heterocycles. The van der Waals surface area contributed by atoms with Crippen molar-refractivity contribution in [3.05, 3.63) is 47.9 Å². The fourth-order valence-electron chi connectivity index (χ4n) is 5.08. The van der Waals surface area contributed by atoms with E-state index in [0.29, 0.717) is 24.1 Å². The van der Waals surface area contributed by atoms with Crippen molar-refractivity contribution in [3.8, 4) is 0 Å². The summed E-state index contributed by atoms with van der Waals surface area (Å²) in [4.78, 5) is 26.3. The summed E-state index contributed by atoms with van der Waals surface area (Å²) in [5.74, 6) is 1.82. The molecular formula is C24H29N5O2. The Balaban J connectivity index is 1.22. The van der Waals surface area contributed by atoms with Crippen molar-refractivity contribution in [2.24, 2.45) is 11.8 Å². The molecular weight excluding hydrogens is 390 g/mol. The van der Waals surface area contributed by atoms with Crippen LogP contribution in [0.25, 0.3) is 11.1 Å². The molecule has 5 rings (SSSR count). The first kappa shape index (κ1) is 20.0. The largest absolute Gasteiger partial charge is 0.355 e. The Morgan fingerprint density at radius 3 is 2.71 bits per heavy atom. The second kappa shape index (κ2) is 8.65. The summed E-state index contributed by atoms with van der Waals surface area (Å²) >= 11 is 0. The lowest BCUT2D eigenvalue weighted by Gasteiger charge is -2.38. The van der Waals surface area contributed by atoms with Gasteiger partial charge in [0, 0.05) is 26.2 Å². The summed E-state index contributed by atoms with van der Waals surface area (Å²) in [6.45, 7) is 5.23. The number of benzene rings is 1. The summed E-state index contributed by atoms with van der Waals surface area (Å²) in [7, 11) is 0. The van der Waals surface area contributed by atoms with E-state index in [2.05, 4.69) is 55.3 Å². The van der Waals surface area contributed by atoms with Gasteiger partial charge in [0.05, 0.1) is 11.6 Å². The van der Waals surface area contributed by atoms with Gasteiger partial charge < -0.3 is 14.3 Å². The average molecular weight is 420 g/mol. The van der Waals surface area contributed by atoms with Gasteiger partial charge in [-0.1, -0.05) is 35.5 Å². The van der Waals surface area contributed by atoms with E-state index >= 15 is 0 Å². The predicted molar refractivity (Wildman–Crippen MR) is 119 cm³/mol. The fraction of sp³-hybridized carbons (Fsp3) is 0.500. The molecule has 0 spiro atoms. The summed E-state index contributed by atoms with van der Waals surface area (Å²) < 4.78 is 5.30. The smallest absolute Gasteiger partial charge is 0.263 e. The zero-order valence-corrected chi connectivity index (χ0v) is 18.0. The third kappa shape index (κ3) is 4.13. The van der Waals surface area contributed by atoms with Gasteiger partial charge >= 0.3 is 0 Å². The molecule has 0 radical (unpaired) electrons. The molecule has 3 aromatic rings. The van der Waals surface area contributed by atoms with Crippen LogP contribution in [0.3, 0.4) is 0 Å². The monoisotopic (exact) mass is 419 g/mol. The van der Waals surface area contributed by atoms with Crippen LogP contribution in [0.1, 0.15) is 36.9 Å². The first-order valence-electron chi connectivity index (χ1n) is 11.3. The number of nitrogens with zero attached hydrogens (tertiary/aromatic N) is 5. The average Bonchev–Trinajstić information content (AvgIpc) is 3.21. The summed E-state index contributed by atoms with van der Waals surface area (Å²) in [5, 5.41) is 4.90. The minimum absolute atomic E-state index is 0.0182. The maximum absolute atomic E-state index is 13.3. The molecule has 4 heterocycles. The van der Waals surface area contributed by atoms with Gasteiger partial charge in [-0.3, -0.25) is 4.79 Å². The lowest BCUT2D eigenvalue weighted by atomic mass is 9.89. The standard InChI is InChI=1S/C24H29N5O2/c1-17-21-22(25-16-26-23(21)31-27-17)29-11-5-8-20(15-29)24(30)28-12-9-19(10-13-28)14-18-6-3-2-4-7-18/h2-4,6-7,16,19-20H,5,8-15H2,1H3. The van der Waals surface area contributed by atoms with Crippen molar-refractivity contribution < 1.29 is 9.32 Å². The number of fused-ring (bicyclic) bond motifs is 1. The van der Waals surface area contributed by atoms with E-state index in [1.54, 1.807) is 0 Å². The Kier molecular flexibility index (Phi) is 5.57. The van der Waals surface area contributed by atoms with E-state index in [1.165, 1.54) is 11.9 Å². The van der Waals surface area contributed by atoms with Crippen LogP contribution in [0.5, 0.6) is 0 Å². The number of likely N-dealkylation sites (tertiary alicyclic amines) is 1. The highest BCUT2D eigenvalue weighted by atomic mass is 16.5. The Labute approximate surface area is 182 Å². The minimum atomic E-state index is 0.0182. The van der Waals surface area contributed by atoms with Crippen LogP contribution >= 0.6 is 0 Å². The van der Waals surface area contributed by atoms with Crippen molar-refractivity contribution >= 4 is 22.8 Å². The number of anilines is 1. The van der Waals surface area contributed by atoms with Gasteiger partial charge in [-0.2, -0.15) is 4.98 Å². The molecule has 2 aliphatic rings. The Morgan fingerprint density at radius 1 is 1.10 bits per heavy atom. The third-order valence-electron chi connectivity index (χ3n) is 6.79. The molecule has 31 heavy (non-hydrogen) atoms. The molecule has 1 amide bonds. The molecule has 2 saturated heterocycles. The summed E-state index contributed by atoms with van der Waals surface area (Å²) in [6.07, 6.45) is 6.73. The molecule has 0 saturated carbocycles. The number of hydrogen-bond acceptors (Lipinski definition) is 6. The number of aromatic nitrogens is 3. The first-order chi connectivity index (χ1) is 15.2. The van der Waals surface area contributed by atoms with Gasteiger partial charge in [0.25, 0.3) is 5.71 Å². The van der Waals surface area contributed by atoms with Crippen molar-refractivity contribution in [2.75, 3.05) is 31.1 Å². The highest BCUT2D eigenvalue weighted by Gasteiger charge is 2.33. The number of amides is 1. The second-order valence-electron chi connectivity index (χ2n) is 8.89. The van der Waals surface area contributed by atoms with E-state index in [4.69, 9.17) is 4.52 Å². The molecule has 7 heteroatoms. The van der Waals surface area contributed by atoms with Crippen LogP contribution < -0.4 is 4.90 Å². The normalized spacial score (nSPS) is 20.4. The number of carbonyl (C=O) groups is 1. The molecule has 7 nitrogen and oxygen atoms in total. The van der Waals surface area contributed by atoms with Crippen LogP contribution in [0.2, 0.25) is 0 Å². The van der Waals surface area contributed by atoms with E-state index in [1.807, 2.05) is 6.92 Å². The minimum Gasteiger partial charge on any atom is -0.355 e. The highest BCUT2D eigenvalue weighted by Crippen LogP contribution is 2.31. The SMILES string of the molecule is Cc1noc2ncnc(N3CCCC(C(=O)N4CCC(Cc5ccccc5)CC4)C3)c12. The van der Waals surface area contributed by atoms with Crippen LogP contribution in [0.15, 0.2) is 41.2 Å². The van der Waals surface area contributed by atoms with Gasteiger partial charge in [-0.15, -0.1) is 0 Å². The van der Waals surface area contributed by atoms with E-state index in [9.17, 15) is 4.79 Å². The molecule has 0 N–H and O–H groups in total. The van der Waals surface area contributed by atoms with Gasteiger partial charge in [0.15, 0.2) is 0 Å². The number of carbonyl (C=O) groups excluding carboxylic acids is 1. The molecule has 0 bridgehead atoms. The zero-order chi connectivity index (χ0) is 21.2. The summed E-state index contributed by atoms with van der Waals surface area (Å²) in [5.41, 5.74) is 2.70. The Hall–Kier alpha value is -2.96. The van der Waals surface area contributed by atoms with Crippen LogP contribution in [0, 0.1) is 18.8 Å². The lowest BCUT2D eigenvalue weighted by Crippen LogP contribution is -2.47. The lowest BCUT2D eigenvalue weighted by molar-refractivity contribution is -0.137. The second-order valence-corrected chi connectivity index (χ2v) is 8.89. The highest BCUT2D eigenvalue weighted by molar-refractivity contribution is 5.88. The molecule has 1 aromatic carbocycles. The maximum atomic E-state index is 13.3. The van der Waals surface area contributed by atoms with E-state index < -0.39 is 0 Å². The molecule has 162 valence electrons. The van der Waals surface area contributed by atoms with Crippen LogP contribution in [-0.4, -0.2) is 52.1 Å².